The third-order valence-corrected chi connectivity index (χ3v) is 3.33. The van der Waals surface area contributed by atoms with Crippen LogP contribution in [0.15, 0.2) is 55.1 Å². The van der Waals surface area contributed by atoms with Crippen molar-refractivity contribution in [1.82, 2.24) is 9.55 Å². The van der Waals surface area contributed by atoms with Gasteiger partial charge in [-0.2, -0.15) is 0 Å². The zero-order valence-electron chi connectivity index (χ0n) is 11.6. The highest BCUT2D eigenvalue weighted by molar-refractivity contribution is 6.09. The molecule has 3 aromatic rings. The predicted octanol–water partition coefficient (Wildman–Crippen LogP) is 3.38. The molecule has 0 radical (unpaired) electrons. The van der Waals surface area contributed by atoms with Gasteiger partial charge in [0.2, 0.25) is 5.78 Å². The van der Waals surface area contributed by atoms with Gasteiger partial charge in [0.15, 0.2) is 5.82 Å². The molecule has 0 amide bonds. The molecule has 104 valence electrons. The van der Waals surface area contributed by atoms with Crippen LogP contribution >= 0.6 is 0 Å². The molecule has 0 aliphatic carbocycles. The monoisotopic (exact) mass is 278 g/mol. The van der Waals surface area contributed by atoms with Gasteiger partial charge in [0, 0.05) is 11.8 Å². The maximum atomic E-state index is 12.6. The first-order valence-electron chi connectivity index (χ1n) is 6.53. The van der Waals surface area contributed by atoms with E-state index in [-0.39, 0.29) is 5.78 Å². The average molecular weight is 278 g/mol. The van der Waals surface area contributed by atoms with Crippen LogP contribution < -0.4 is 4.74 Å². The van der Waals surface area contributed by atoms with Crippen LogP contribution in [-0.4, -0.2) is 22.4 Å². The highest BCUT2D eigenvalue weighted by atomic mass is 16.5. The van der Waals surface area contributed by atoms with E-state index in [0.717, 1.165) is 11.0 Å². The molecule has 2 aromatic carbocycles. The zero-order chi connectivity index (χ0) is 14.8. The molecule has 4 heteroatoms. The Kier molecular flexibility index (Phi) is 3.28. The molecule has 0 fully saturated rings. The molecule has 0 bridgehead atoms. The summed E-state index contributed by atoms with van der Waals surface area (Å²) in [5.41, 5.74) is 2.20. The molecule has 0 saturated carbocycles. The Balaban J connectivity index is 2.10. The van der Waals surface area contributed by atoms with Crippen LogP contribution in [0.25, 0.3) is 17.2 Å². The number of ether oxygens (including phenoxy) is 1. The molecular formula is C17H14N2O2. The summed E-state index contributed by atoms with van der Waals surface area (Å²) in [5, 5.41) is 0. The van der Waals surface area contributed by atoms with Crippen LogP contribution in [0.3, 0.4) is 0 Å². The van der Waals surface area contributed by atoms with Crippen molar-refractivity contribution in [2.75, 3.05) is 7.11 Å². The minimum absolute atomic E-state index is 0.145. The Morgan fingerprint density at radius 3 is 2.57 bits per heavy atom. The molecule has 0 unspecified atom stereocenters. The first kappa shape index (κ1) is 13.1. The number of imidazole rings is 1. The molecule has 0 N–H and O–H groups in total. The van der Waals surface area contributed by atoms with Gasteiger partial charge < -0.3 is 4.74 Å². The second-order valence-electron chi connectivity index (χ2n) is 4.53. The van der Waals surface area contributed by atoms with Crippen molar-refractivity contribution in [3.05, 3.63) is 66.5 Å². The summed E-state index contributed by atoms with van der Waals surface area (Å²) in [4.78, 5) is 17.0. The number of hydrogen-bond acceptors (Lipinski definition) is 3. The molecule has 0 spiro atoms. The lowest BCUT2D eigenvalue weighted by Gasteiger charge is -2.04. The van der Waals surface area contributed by atoms with Gasteiger partial charge in [0.1, 0.15) is 5.75 Å². The van der Waals surface area contributed by atoms with Crippen LogP contribution in [0, 0.1) is 0 Å². The van der Waals surface area contributed by atoms with E-state index in [9.17, 15) is 4.79 Å². The van der Waals surface area contributed by atoms with Gasteiger partial charge >= 0.3 is 0 Å². The Hall–Kier alpha value is -2.88. The van der Waals surface area contributed by atoms with Crippen molar-refractivity contribution in [2.45, 2.75) is 0 Å². The maximum absolute atomic E-state index is 12.6. The Bertz CT molecular complexity index is 816. The fourth-order valence-electron chi connectivity index (χ4n) is 2.26. The third kappa shape index (κ3) is 2.21. The van der Waals surface area contributed by atoms with E-state index in [2.05, 4.69) is 11.6 Å². The number of nitrogens with zero attached hydrogens (tertiary/aromatic N) is 2. The van der Waals surface area contributed by atoms with Gasteiger partial charge in [0.05, 0.1) is 18.1 Å². The number of carbonyl (C=O) groups excluding carboxylic acids is 1. The molecular weight excluding hydrogens is 264 g/mol. The van der Waals surface area contributed by atoms with E-state index >= 15 is 0 Å². The summed E-state index contributed by atoms with van der Waals surface area (Å²) in [6.45, 7) is 3.77. The fraction of sp³-hybridized carbons (Fsp3) is 0.0588. The average Bonchev–Trinajstić information content (AvgIpc) is 2.92. The van der Waals surface area contributed by atoms with Crippen LogP contribution in [0.4, 0.5) is 0 Å². The number of benzene rings is 2. The van der Waals surface area contributed by atoms with Gasteiger partial charge in [-0.1, -0.05) is 18.7 Å². The van der Waals surface area contributed by atoms with E-state index < -0.39 is 0 Å². The van der Waals surface area contributed by atoms with Crippen molar-refractivity contribution in [2.24, 2.45) is 0 Å². The molecule has 1 aromatic heterocycles. The van der Waals surface area contributed by atoms with Crippen LogP contribution in [0.2, 0.25) is 0 Å². The van der Waals surface area contributed by atoms with Crippen LogP contribution in [0.1, 0.15) is 16.2 Å². The number of ketones is 1. The number of aromatic nitrogens is 2. The summed E-state index contributed by atoms with van der Waals surface area (Å²) in [5.74, 6) is 0.925. The number of fused-ring (bicyclic) bond motifs is 1. The lowest BCUT2D eigenvalue weighted by Crippen LogP contribution is -2.08. The van der Waals surface area contributed by atoms with Crippen molar-refractivity contribution < 1.29 is 9.53 Å². The SMILES string of the molecule is C=Cn1c(C(=O)c2ccc(OC)cc2)nc2ccccc21. The van der Waals surface area contributed by atoms with Gasteiger partial charge in [0.25, 0.3) is 0 Å². The number of para-hydroxylation sites is 2. The summed E-state index contributed by atoms with van der Waals surface area (Å²) < 4.78 is 6.81. The second kappa shape index (κ2) is 5.25. The molecule has 0 aliphatic heterocycles. The molecule has 0 aliphatic rings. The minimum atomic E-state index is -0.145. The lowest BCUT2D eigenvalue weighted by molar-refractivity contribution is 0.102. The first-order chi connectivity index (χ1) is 10.2. The fourth-order valence-corrected chi connectivity index (χ4v) is 2.26. The van der Waals surface area contributed by atoms with Crippen molar-refractivity contribution in [3.63, 3.8) is 0 Å². The highest BCUT2D eigenvalue weighted by Gasteiger charge is 2.17. The summed E-state index contributed by atoms with van der Waals surface area (Å²) >= 11 is 0. The molecule has 0 saturated heterocycles. The number of methoxy groups -OCH3 is 1. The smallest absolute Gasteiger partial charge is 0.228 e. The van der Waals surface area contributed by atoms with Gasteiger partial charge in [-0.3, -0.25) is 9.36 Å². The van der Waals surface area contributed by atoms with E-state index in [1.807, 2.05) is 24.3 Å². The lowest BCUT2D eigenvalue weighted by atomic mass is 10.1. The largest absolute Gasteiger partial charge is 0.497 e. The Morgan fingerprint density at radius 2 is 1.90 bits per heavy atom. The first-order valence-corrected chi connectivity index (χ1v) is 6.53. The molecule has 21 heavy (non-hydrogen) atoms. The molecule has 1 heterocycles. The van der Waals surface area contributed by atoms with E-state index in [4.69, 9.17) is 4.74 Å². The standard InChI is InChI=1S/C17H14N2O2/c1-3-19-15-7-5-4-6-14(15)18-17(19)16(20)12-8-10-13(21-2)11-9-12/h3-11H,1H2,2H3. The van der Waals surface area contributed by atoms with E-state index in [0.29, 0.717) is 17.1 Å². The van der Waals surface area contributed by atoms with E-state index in [1.165, 1.54) is 0 Å². The maximum Gasteiger partial charge on any atom is 0.228 e. The number of carbonyl (C=O) groups is 1. The topological polar surface area (TPSA) is 44.1 Å². The minimum Gasteiger partial charge on any atom is -0.497 e. The van der Waals surface area contributed by atoms with Gasteiger partial charge in [-0.25, -0.2) is 4.98 Å². The quantitative estimate of drug-likeness (QED) is 0.687. The molecule has 4 nitrogen and oxygen atoms in total. The van der Waals surface area contributed by atoms with E-state index in [1.54, 1.807) is 42.1 Å². The van der Waals surface area contributed by atoms with Crippen molar-refractivity contribution in [1.29, 1.82) is 0 Å². The number of rotatable bonds is 4. The third-order valence-electron chi connectivity index (χ3n) is 3.33. The Morgan fingerprint density at radius 1 is 1.19 bits per heavy atom. The highest BCUT2D eigenvalue weighted by Crippen LogP contribution is 2.20. The molecule has 0 atom stereocenters. The summed E-state index contributed by atoms with van der Waals surface area (Å²) in [7, 11) is 1.59. The van der Waals surface area contributed by atoms with Crippen LogP contribution in [0.5, 0.6) is 5.75 Å². The van der Waals surface area contributed by atoms with Crippen molar-refractivity contribution in [3.8, 4) is 5.75 Å². The molecule has 3 rings (SSSR count). The van der Waals surface area contributed by atoms with Crippen molar-refractivity contribution >= 4 is 23.0 Å². The van der Waals surface area contributed by atoms with Gasteiger partial charge in [-0.15, -0.1) is 0 Å². The van der Waals surface area contributed by atoms with Crippen LogP contribution in [-0.2, 0) is 0 Å². The second-order valence-corrected chi connectivity index (χ2v) is 4.53. The predicted molar refractivity (Wildman–Crippen MR) is 82.5 cm³/mol. The Labute approximate surface area is 122 Å². The normalized spacial score (nSPS) is 10.5. The van der Waals surface area contributed by atoms with Gasteiger partial charge in [-0.05, 0) is 36.4 Å². The summed E-state index contributed by atoms with van der Waals surface area (Å²) in [6, 6.07) is 14.6. The summed E-state index contributed by atoms with van der Waals surface area (Å²) in [6.07, 6.45) is 1.60. The zero-order valence-corrected chi connectivity index (χ0v) is 11.6. The number of hydrogen-bond donors (Lipinski definition) is 0.